The van der Waals surface area contributed by atoms with Crippen molar-refractivity contribution in [1.29, 1.82) is 0 Å². The highest BCUT2D eigenvalue weighted by molar-refractivity contribution is 5.68. The van der Waals surface area contributed by atoms with Crippen molar-refractivity contribution in [2.45, 2.75) is 77.5 Å². The van der Waals surface area contributed by atoms with Crippen LogP contribution in [-0.2, 0) is 9.47 Å². The van der Waals surface area contributed by atoms with Crippen LogP contribution in [0.1, 0.15) is 60.3 Å². The van der Waals surface area contributed by atoms with Gasteiger partial charge in [0.25, 0.3) is 0 Å². The van der Waals surface area contributed by atoms with Gasteiger partial charge >= 0.3 is 12.2 Å². The molecule has 1 fully saturated rings. The van der Waals surface area contributed by atoms with Crippen LogP contribution >= 0.6 is 0 Å². The Morgan fingerprint density at radius 3 is 1.81 bits per heavy atom. The molecule has 2 amide bonds. The molecule has 0 bridgehead atoms. The van der Waals surface area contributed by atoms with Crippen molar-refractivity contribution in [1.82, 2.24) is 15.5 Å². The second kappa shape index (κ2) is 10.7. The first-order chi connectivity index (χ1) is 12.5. The Balaban J connectivity index is 1.97. The Morgan fingerprint density at radius 1 is 0.963 bits per heavy atom. The molecule has 1 aliphatic rings. The molecule has 2 atom stereocenters. The van der Waals surface area contributed by atoms with E-state index in [-0.39, 0.29) is 12.6 Å². The molecular weight excluding hydrogens is 348 g/mol. The number of hydrogen-bond donors (Lipinski definition) is 3. The lowest BCUT2D eigenvalue weighted by molar-refractivity contribution is 0.0279. The van der Waals surface area contributed by atoms with Gasteiger partial charge in [-0.25, -0.2) is 9.59 Å². The lowest BCUT2D eigenvalue weighted by Gasteiger charge is -2.25. The van der Waals surface area contributed by atoms with Crippen molar-refractivity contribution in [2.75, 3.05) is 32.7 Å². The average molecular weight is 387 g/mol. The van der Waals surface area contributed by atoms with Gasteiger partial charge in [0.2, 0.25) is 0 Å². The molecule has 158 valence electrons. The zero-order chi connectivity index (χ0) is 20.5. The number of ether oxygens (including phenoxy) is 2. The zero-order valence-corrected chi connectivity index (χ0v) is 17.6. The Kier molecular flexibility index (Phi) is 9.32. The maximum absolute atomic E-state index is 11.9. The first-order valence-electron chi connectivity index (χ1n) is 9.92. The van der Waals surface area contributed by atoms with Crippen molar-refractivity contribution in [3.05, 3.63) is 0 Å². The zero-order valence-electron chi connectivity index (χ0n) is 17.6. The highest BCUT2D eigenvalue weighted by Gasteiger charge is 2.36. The molecule has 2 unspecified atom stereocenters. The molecule has 0 aromatic rings. The monoisotopic (exact) mass is 386 g/mol. The summed E-state index contributed by atoms with van der Waals surface area (Å²) in [7, 11) is 0. The first-order valence-corrected chi connectivity index (χ1v) is 9.92. The standard InChI is InChI=1S/C19H38N4O4/c1-15-12-23(15)14-19(4,5)27-17(25)22-11-9-7-6-8-10-21-16(24)26-18(2,3)13-20/h15H,6-14,20H2,1-5H3,(H,21,24)(H,22,25). The van der Waals surface area contributed by atoms with Gasteiger partial charge in [-0.2, -0.15) is 0 Å². The Bertz CT molecular complexity index is 482. The fourth-order valence-corrected chi connectivity index (χ4v) is 2.63. The Hall–Kier alpha value is -1.54. The van der Waals surface area contributed by atoms with Crippen LogP contribution in [-0.4, -0.2) is 67.1 Å². The molecule has 1 saturated heterocycles. The van der Waals surface area contributed by atoms with Crippen LogP contribution < -0.4 is 16.4 Å². The second-order valence-corrected chi connectivity index (χ2v) is 8.55. The Morgan fingerprint density at radius 2 is 1.41 bits per heavy atom. The summed E-state index contributed by atoms with van der Waals surface area (Å²) in [5.74, 6) is 0. The van der Waals surface area contributed by atoms with Gasteiger partial charge in [-0.3, -0.25) is 4.90 Å². The van der Waals surface area contributed by atoms with Crippen molar-refractivity contribution < 1.29 is 19.1 Å². The molecule has 0 spiro atoms. The van der Waals surface area contributed by atoms with Crippen LogP contribution in [0.2, 0.25) is 0 Å². The third-order valence-electron chi connectivity index (χ3n) is 4.44. The summed E-state index contributed by atoms with van der Waals surface area (Å²) in [4.78, 5) is 25.7. The number of carbonyl (C=O) groups is 2. The number of unbranched alkanes of at least 4 members (excludes halogenated alkanes) is 3. The molecule has 4 N–H and O–H groups in total. The predicted molar refractivity (Wildman–Crippen MR) is 106 cm³/mol. The van der Waals surface area contributed by atoms with E-state index >= 15 is 0 Å². The summed E-state index contributed by atoms with van der Waals surface area (Å²) >= 11 is 0. The van der Waals surface area contributed by atoms with Gasteiger partial charge in [0.1, 0.15) is 11.2 Å². The maximum Gasteiger partial charge on any atom is 0.407 e. The maximum atomic E-state index is 11.9. The number of carbonyl (C=O) groups excluding carboxylic acids is 2. The second-order valence-electron chi connectivity index (χ2n) is 8.55. The topological polar surface area (TPSA) is 106 Å². The van der Waals surface area contributed by atoms with Crippen LogP contribution in [0.5, 0.6) is 0 Å². The van der Waals surface area contributed by atoms with E-state index < -0.39 is 17.3 Å². The molecule has 0 aromatic carbocycles. The van der Waals surface area contributed by atoms with Crippen LogP contribution in [0.3, 0.4) is 0 Å². The molecule has 0 aromatic heterocycles. The summed E-state index contributed by atoms with van der Waals surface area (Å²) in [6, 6.07) is 0.597. The van der Waals surface area contributed by atoms with Gasteiger partial charge < -0.3 is 25.8 Å². The fourth-order valence-electron chi connectivity index (χ4n) is 2.63. The van der Waals surface area contributed by atoms with E-state index in [4.69, 9.17) is 15.2 Å². The Labute approximate surface area is 163 Å². The highest BCUT2D eigenvalue weighted by Crippen LogP contribution is 2.22. The van der Waals surface area contributed by atoms with Crippen molar-refractivity contribution in [2.24, 2.45) is 5.73 Å². The van der Waals surface area contributed by atoms with Gasteiger partial charge in [-0.05, 0) is 47.5 Å². The van der Waals surface area contributed by atoms with E-state index in [1.165, 1.54) is 0 Å². The summed E-state index contributed by atoms with van der Waals surface area (Å²) in [5, 5.41) is 5.52. The predicted octanol–water partition coefficient (Wildman–Crippen LogP) is 2.22. The lowest BCUT2D eigenvalue weighted by Crippen LogP contribution is -2.40. The van der Waals surface area contributed by atoms with E-state index in [0.29, 0.717) is 19.1 Å². The molecule has 8 heteroatoms. The quantitative estimate of drug-likeness (QED) is 0.351. The molecule has 27 heavy (non-hydrogen) atoms. The van der Waals surface area contributed by atoms with Crippen LogP contribution in [0.15, 0.2) is 0 Å². The van der Waals surface area contributed by atoms with Crippen LogP contribution in [0.25, 0.3) is 0 Å². The molecule has 0 aliphatic carbocycles. The smallest absolute Gasteiger partial charge is 0.407 e. The SMILES string of the molecule is CC1CN1CC(C)(C)OC(=O)NCCCCCCNC(=O)OC(C)(C)CN. The fraction of sp³-hybridized carbons (Fsp3) is 0.895. The van der Waals surface area contributed by atoms with Gasteiger partial charge in [-0.1, -0.05) is 12.8 Å². The number of nitrogens with one attached hydrogen (secondary N) is 2. The van der Waals surface area contributed by atoms with E-state index in [1.54, 1.807) is 13.8 Å². The highest BCUT2D eigenvalue weighted by atomic mass is 16.6. The minimum absolute atomic E-state index is 0.282. The van der Waals surface area contributed by atoms with Crippen LogP contribution in [0, 0.1) is 0 Å². The van der Waals surface area contributed by atoms with E-state index in [0.717, 1.165) is 38.8 Å². The molecular formula is C19H38N4O4. The lowest BCUT2D eigenvalue weighted by atomic mass is 10.1. The van der Waals surface area contributed by atoms with E-state index in [1.807, 2.05) is 13.8 Å². The molecule has 1 aliphatic heterocycles. The summed E-state index contributed by atoms with van der Waals surface area (Å²) in [6.45, 7) is 12.9. The van der Waals surface area contributed by atoms with Crippen molar-refractivity contribution in [3.63, 3.8) is 0 Å². The average Bonchev–Trinajstić information content (AvgIpc) is 3.22. The molecule has 8 nitrogen and oxygen atoms in total. The molecule has 1 heterocycles. The van der Waals surface area contributed by atoms with Gasteiger partial charge in [0.05, 0.1) is 0 Å². The van der Waals surface area contributed by atoms with Gasteiger partial charge in [-0.15, -0.1) is 0 Å². The largest absolute Gasteiger partial charge is 0.442 e. The summed E-state index contributed by atoms with van der Waals surface area (Å²) in [5.41, 5.74) is 4.39. The summed E-state index contributed by atoms with van der Waals surface area (Å²) in [6.07, 6.45) is 2.89. The van der Waals surface area contributed by atoms with Gasteiger partial charge in [0.15, 0.2) is 0 Å². The molecule has 0 saturated carbocycles. The minimum Gasteiger partial charge on any atom is -0.442 e. The summed E-state index contributed by atoms with van der Waals surface area (Å²) < 4.78 is 10.7. The first kappa shape index (κ1) is 23.5. The third kappa shape index (κ3) is 11.0. The van der Waals surface area contributed by atoms with E-state index in [9.17, 15) is 9.59 Å². The molecule has 0 radical (unpaired) electrons. The normalized spacial score (nSPS) is 19.3. The number of rotatable bonds is 12. The number of alkyl carbamates (subject to hydrolysis) is 2. The van der Waals surface area contributed by atoms with Crippen molar-refractivity contribution >= 4 is 12.2 Å². The van der Waals surface area contributed by atoms with Crippen molar-refractivity contribution in [3.8, 4) is 0 Å². The third-order valence-corrected chi connectivity index (χ3v) is 4.44. The number of hydrogen-bond acceptors (Lipinski definition) is 6. The minimum atomic E-state index is -0.646. The number of nitrogens with zero attached hydrogens (tertiary/aromatic N) is 1. The molecule has 1 rings (SSSR count). The number of nitrogens with two attached hydrogens (primary N) is 1. The van der Waals surface area contributed by atoms with E-state index in [2.05, 4.69) is 22.5 Å². The van der Waals surface area contributed by atoms with Gasteiger partial charge in [0, 0.05) is 38.8 Å². The number of amides is 2. The van der Waals surface area contributed by atoms with Crippen LogP contribution in [0.4, 0.5) is 9.59 Å².